The van der Waals surface area contributed by atoms with Gasteiger partial charge in [0.25, 0.3) is 11.8 Å². The van der Waals surface area contributed by atoms with Gasteiger partial charge in [0, 0.05) is 25.2 Å². The molecule has 1 aromatic carbocycles. The van der Waals surface area contributed by atoms with E-state index in [9.17, 15) is 4.79 Å². The third-order valence-electron chi connectivity index (χ3n) is 4.73. The number of hydrogen-bond acceptors (Lipinski definition) is 5. The van der Waals surface area contributed by atoms with Crippen LogP contribution in [0.4, 0.5) is 0 Å². The molecule has 2 atom stereocenters. The zero-order valence-corrected chi connectivity index (χ0v) is 14.4. The van der Waals surface area contributed by atoms with E-state index in [4.69, 9.17) is 4.52 Å². The Morgan fingerprint density at radius 3 is 2.83 bits per heavy atom. The van der Waals surface area contributed by atoms with Crippen LogP contribution in [0.15, 0.2) is 28.8 Å². The molecule has 2 saturated heterocycles. The Morgan fingerprint density at radius 1 is 1.25 bits per heavy atom. The van der Waals surface area contributed by atoms with Crippen LogP contribution in [0, 0.1) is 6.92 Å². The molecule has 2 aliphatic rings. The third kappa shape index (κ3) is 3.16. The van der Waals surface area contributed by atoms with Gasteiger partial charge in [-0.2, -0.15) is 4.98 Å². The van der Waals surface area contributed by atoms with Crippen molar-refractivity contribution in [3.63, 3.8) is 0 Å². The Hall–Kier alpha value is -1.92. The second-order valence-corrected chi connectivity index (χ2v) is 6.37. The second-order valence-electron chi connectivity index (χ2n) is 6.37. The number of aromatic nitrogens is 2. The lowest BCUT2D eigenvalue weighted by Crippen LogP contribution is -2.39. The number of nitrogens with one attached hydrogen (secondary N) is 1. The van der Waals surface area contributed by atoms with Crippen molar-refractivity contribution in [1.29, 1.82) is 0 Å². The molecule has 2 bridgehead atoms. The molecule has 3 heterocycles. The summed E-state index contributed by atoms with van der Waals surface area (Å²) < 4.78 is 5.26. The highest BCUT2D eigenvalue weighted by atomic mass is 35.5. The molecule has 0 aliphatic carbocycles. The Bertz CT molecular complexity index is 733. The maximum absolute atomic E-state index is 13.0. The molecular weight excluding hydrogens is 328 g/mol. The van der Waals surface area contributed by atoms with Gasteiger partial charge in [0.05, 0.1) is 11.1 Å². The van der Waals surface area contributed by atoms with Gasteiger partial charge in [-0.25, -0.2) is 0 Å². The molecule has 1 amide bonds. The Morgan fingerprint density at radius 2 is 2.04 bits per heavy atom. The number of aryl methyl sites for hydroxylation is 1. The minimum atomic E-state index is 0. The highest BCUT2D eigenvalue weighted by Crippen LogP contribution is 2.26. The van der Waals surface area contributed by atoms with E-state index < -0.39 is 0 Å². The Labute approximate surface area is 147 Å². The van der Waals surface area contributed by atoms with Crippen molar-refractivity contribution >= 4 is 18.3 Å². The van der Waals surface area contributed by atoms with Crippen molar-refractivity contribution in [2.75, 3.05) is 13.1 Å². The highest BCUT2D eigenvalue weighted by molar-refractivity contribution is 6.00. The summed E-state index contributed by atoms with van der Waals surface area (Å²) in [5.41, 5.74) is 1.34. The zero-order chi connectivity index (χ0) is 15.8. The molecule has 4 rings (SSSR count). The fraction of sp³-hybridized carbons (Fsp3) is 0.471. The van der Waals surface area contributed by atoms with Crippen molar-refractivity contribution < 1.29 is 9.32 Å². The summed E-state index contributed by atoms with van der Waals surface area (Å²) in [6.07, 6.45) is 3.40. The van der Waals surface area contributed by atoms with Crippen LogP contribution < -0.4 is 5.32 Å². The van der Waals surface area contributed by atoms with Gasteiger partial charge in [-0.1, -0.05) is 17.3 Å². The molecule has 0 spiro atoms. The van der Waals surface area contributed by atoms with Crippen molar-refractivity contribution in [1.82, 2.24) is 20.4 Å². The number of amides is 1. The van der Waals surface area contributed by atoms with E-state index in [1.807, 2.05) is 29.2 Å². The SMILES string of the molecule is Cc1noc(-c2ccccc2C(=O)N2CCC3CCC(C2)N3)n1.Cl. The lowest BCUT2D eigenvalue weighted by atomic mass is 10.0. The minimum Gasteiger partial charge on any atom is -0.337 e. The average molecular weight is 349 g/mol. The van der Waals surface area contributed by atoms with Crippen molar-refractivity contribution in [2.45, 2.75) is 38.3 Å². The predicted octanol–water partition coefficient (Wildman–Crippen LogP) is 2.43. The number of benzene rings is 1. The summed E-state index contributed by atoms with van der Waals surface area (Å²) in [5, 5.41) is 7.44. The molecule has 24 heavy (non-hydrogen) atoms. The number of carbonyl (C=O) groups excluding carboxylic acids is 1. The molecule has 1 aromatic heterocycles. The van der Waals surface area contributed by atoms with Crippen LogP contribution in [0.25, 0.3) is 11.5 Å². The highest BCUT2D eigenvalue weighted by Gasteiger charge is 2.32. The van der Waals surface area contributed by atoms with Crippen LogP contribution in [0.2, 0.25) is 0 Å². The maximum Gasteiger partial charge on any atom is 0.258 e. The number of nitrogens with zero attached hydrogens (tertiary/aromatic N) is 3. The van der Waals surface area contributed by atoms with Gasteiger partial charge in [-0.15, -0.1) is 12.4 Å². The Kier molecular flexibility index (Phi) is 4.87. The topological polar surface area (TPSA) is 71.3 Å². The molecular formula is C17H21ClN4O2. The molecule has 0 saturated carbocycles. The fourth-order valence-corrected chi connectivity index (χ4v) is 3.56. The minimum absolute atomic E-state index is 0. The molecule has 7 heteroatoms. The molecule has 2 aliphatic heterocycles. The van der Waals surface area contributed by atoms with Crippen LogP contribution >= 0.6 is 12.4 Å². The van der Waals surface area contributed by atoms with Gasteiger partial charge >= 0.3 is 0 Å². The number of carbonyl (C=O) groups is 1. The summed E-state index contributed by atoms with van der Waals surface area (Å²) in [6, 6.07) is 8.45. The van der Waals surface area contributed by atoms with Gasteiger partial charge in [-0.3, -0.25) is 4.79 Å². The number of rotatable bonds is 2. The molecule has 0 radical (unpaired) electrons. The molecule has 2 aromatic rings. The molecule has 2 unspecified atom stereocenters. The van der Waals surface area contributed by atoms with Gasteiger partial charge in [0.2, 0.25) is 0 Å². The predicted molar refractivity (Wildman–Crippen MR) is 92.2 cm³/mol. The number of fused-ring (bicyclic) bond motifs is 2. The number of hydrogen-bond donors (Lipinski definition) is 1. The summed E-state index contributed by atoms with van der Waals surface area (Å²) in [5.74, 6) is 1.02. The molecule has 128 valence electrons. The average Bonchev–Trinajstić information content (AvgIpc) is 3.12. The summed E-state index contributed by atoms with van der Waals surface area (Å²) >= 11 is 0. The third-order valence-corrected chi connectivity index (χ3v) is 4.73. The van der Waals surface area contributed by atoms with E-state index in [2.05, 4.69) is 15.5 Å². The first-order valence-electron chi connectivity index (χ1n) is 8.16. The van der Waals surface area contributed by atoms with Crippen LogP contribution in [0.1, 0.15) is 35.4 Å². The van der Waals surface area contributed by atoms with Gasteiger partial charge in [0.1, 0.15) is 0 Å². The zero-order valence-electron chi connectivity index (χ0n) is 13.6. The lowest BCUT2D eigenvalue weighted by Gasteiger charge is -2.25. The molecule has 1 N–H and O–H groups in total. The van der Waals surface area contributed by atoms with E-state index >= 15 is 0 Å². The fourth-order valence-electron chi connectivity index (χ4n) is 3.56. The monoisotopic (exact) mass is 348 g/mol. The summed E-state index contributed by atoms with van der Waals surface area (Å²) in [6.45, 7) is 3.34. The van der Waals surface area contributed by atoms with E-state index in [1.54, 1.807) is 6.92 Å². The second kappa shape index (κ2) is 6.91. The van der Waals surface area contributed by atoms with Crippen molar-refractivity contribution in [3.8, 4) is 11.5 Å². The number of halogens is 1. The smallest absolute Gasteiger partial charge is 0.258 e. The van der Waals surface area contributed by atoms with Crippen LogP contribution in [-0.2, 0) is 0 Å². The summed E-state index contributed by atoms with van der Waals surface area (Å²) in [7, 11) is 0. The summed E-state index contributed by atoms with van der Waals surface area (Å²) in [4.78, 5) is 19.3. The van der Waals surface area contributed by atoms with Crippen molar-refractivity contribution in [3.05, 3.63) is 35.7 Å². The first-order valence-corrected chi connectivity index (χ1v) is 8.16. The van der Waals surface area contributed by atoms with E-state index in [1.165, 1.54) is 6.42 Å². The maximum atomic E-state index is 13.0. The van der Waals surface area contributed by atoms with Gasteiger partial charge in [0.15, 0.2) is 5.82 Å². The lowest BCUT2D eigenvalue weighted by molar-refractivity contribution is 0.0748. The first kappa shape index (κ1) is 16.9. The quantitative estimate of drug-likeness (QED) is 0.902. The van der Waals surface area contributed by atoms with Crippen LogP contribution in [-0.4, -0.2) is 46.1 Å². The van der Waals surface area contributed by atoms with Gasteiger partial charge < -0.3 is 14.7 Å². The van der Waals surface area contributed by atoms with Gasteiger partial charge in [-0.05, 0) is 38.3 Å². The van der Waals surface area contributed by atoms with E-state index in [0.717, 1.165) is 25.9 Å². The number of likely N-dealkylation sites (tertiary alicyclic amines) is 1. The normalized spacial score (nSPS) is 22.8. The molecule has 6 nitrogen and oxygen atoms in total. The van der Waals surface area contributed by atoms with E-state index in [0.29, 0.717) is 34.9 Å². The van der Waals surface area contributed by atoms with Crippen molar-refractivity contribution in [2.24, 2.45) is 0 Å². The standard InChI is InChI=1S/C17H20N4O2.ClH/c1-11-18-16(23-20-11)14-4-2-3-5-15(14)17(22)21-9-8-12-6-7-13(10-21)19-12;/h2-5,12-13,19H,6-10H2,1H3;1H. The van der Waals surface area contributed by atoms with E-state index in [-0.39, 0.29) is 18.3 Å². The Balaban J connectivity index is 0.00000169. The largest absolute Gasteiger partial charge is 0.337 e. The molecule has 2 fully saturated rings. The van der Waals surface area contributed by atoms with Crippen LogP contribution in [0.5, 0.6) is 0 Å². The van der Waals surface area contributed by atoms with Crippen LogP contribution in [0.3, 0.4) is 0 Å². The first-order chi connectivity index (χ1) is 11.2.